The van der Waals surface area contributed by atoms with Crippen molar-refractivity contribution in [3.63, 3.8) is 0 Å². The van der Waals surface area contributed by atoms with Gasteiger partial charge < -0.3 is 4.74 Å². The van der Waals surface area contributed by atoms with Crippen molar-refractivity contribution in [1.82, 2.24) is 0 Å². The third kappa shape index (κ3) is 3.82. The summed E-state index contributed by atoms with van der Waals surface area (Å²) in [6.45, 7) is 9.22. The van der Waals surface area contributed by atoms with Crippen LogP contribution >= 0.6 is 0 Å². The summed E-state index contributed by atoms with van der Waals surface area (Å²) in [6.07, 6.45) is 0. The Balaban J connectivity index is 2.39. The van der Waals surface area contributed by atoms with Gasteiger partial charge in [0.25, 0.3) is 0 Å². The molecule has 0 saturated carbocycles. The summed E-state index contributed by atoms with van der Waals surface area (Å²) < 4.78 is 5.06. The van der Waals surface area contributed by atoms with E-state index in [-0.39, 0.29) is 5.97 Å². The zero-order valence-electron chi connectivity index (χ0n) is 13.1. The van der Waals surface area contributed by atoms with E-state index < -0.39 is 8.07 Å². The van der Waals surface area contributed by atoms with Gasteiger partial charge in [-0.3, -0.25) is 0 Å². The fraction of sp³-hybridized carbons (Fsp3) is 0.278. The molecule has 0 unspecified atom stereocenters. The molecule has 2 aromatic rings. The number of hydrogen-bond donors (Lipinski definition) is 0. The number of ether oxygens (including phenoxy) is 1. The predicted molar refractivity (Wildman–Crippen MR) is 90.8 cm³/mol. The normalized spacial score (nSPS) is 11.2. The smallest absolute Gasteiger partial charge is 0.338 e. The van der Waals surface area contributed by atoms with Crippen molar-refractivity contribution in [1.29, 1.82) is 0 Å². The number of benzene rings is 2. The molecule has 2 rings (SSSR count). The number of esters is 1. The van der Waals surface area contributed by atoms with Crippen molar-refractivity contribution < 1.29 is 9.53 Å². The molecule has 0 radical (unpaired) electrons. The first-order valence-corrected chi connectivity index (χ1v) is 10.8. The molecular formula is C18H22O2Si. The molecule has 0 aliphatic rings. The molecule has 21 heavy (non-hydrogen) atoms. The van der Waals surface area contributed by atoms with Crippen molar-refractivity contribution in [2.75, 3.05) is 6.61 Å². The standard InChI is InChI=1S/C18H22O2Si/c1-5-20-18(19)16-10-6-8-14(12-16)15-9-7-11-17(13-15)21(2,3)4/h6-13H,5H2,1-4H3. The number of carbonyl (C=O) groups is 1. The summed E-state index contributed by atoms with van der Waals surface area (Å²) in [5.74, 6) is -0.263. The first-order chi connectivity index (χ1) is 9.91. The quantitative estimate of drug-likeness (QED) is 0.628. The molecule has 2 nitrogen and oxygen atoms in total. The van der Waals surface area contributed by atoms with Crippen LogP contribution in [0.4, 0.5) is 0 Å². The van der Waals surface area contributed by atoms with Gasteiger partial charge in [-0.25, -0.2) is 4.79 Å². The largest absolute Gasteiger partial charge is 0.462 e. The van der Waals surface area contributed by atoms with Gasteiger partial charge in [0.05, 0.1) is 20.2 Å². The number of rotatable bonds is 4. The Morgan fingerprint density at radius 2 is 1.62 bits per heavy atom. The highest BCUT2D eigenvalue weighted by Gasteiger charge is 2.16. The third-order valence-electron chi connectivity index (χ3n) is 3.44. The number of hydrogen-bond acceptors (Lipinski definition) is 2. The van der Waals surface area contributed by atoms with Crippen LogP contribution in [0.25, 0.3) is 11.1 Å². The highest BCUT2D eigenvalue weighted by atomic mass is 28.3. The summed E-state index contributed by atoms with van der Waals surface area (Å²) in [4.78, 5) is 11.8. The van der Waals surface area contributed by atoms with Crippen LogP contribution in [-0.2, 0) is 4.74 Å². The Hall–Kier alpha value is -1.87. The lowest BCUT2D eigenvalue weighted by Crippen LogP contribution is -2.37. The maximum absolute atomic E-state index is 11.8. The van der Waals surface area contributed by atoms with Crippen LogP contribution in [-0.4, -0.2) is 20.7 Å². The van der Waals surface area contributed by atoms with Crippen molar-refractivity contribution in [3.8, 4) is 11.1 Å². The van der Waals surface area contributed by atoms with E-state index in [9.17, 15) is 4.79 Å². The van der Waals surface area contributed by atoms with Gasteiger partial charge in [0, 0.05) is 0 Å². The average molecular weight is 298 g/mol. The Kier molecular flexibility index (Phi) is 4.63. The fourth-order valence-corrected chi connectivity index (χ4v) is 3.39. The first kappa shape index (κ1) is 15.5. The lowest BCUT2D eigenvalue weighted by Gasteiger charge is -2.17. The van der Waals surface area contributed by atoms with Crippen molar-refractivity contribution >= 4 is 19.2 Å². The van der Waals surface area contributed by atoms with Gasteiger partial charge in [-0.1, -0.05) is 61.2 Å². The molecule has 0 aliphatic carbocycles. The van der Waals surface area contributed by atoms with Gasteiger partial charge >= 0.3 is 5.97 Å². The average Bonchev–Trinajstić information content (AvgIpc) is 2.47. The molecule has 0 heterocycles. The number of carbonyl (C=O) groups excluding carboxylic acids is 1. The highest BCUT2D eigenvalue weighted by Crippen LogP contribution is 2.21. The monoisotopic (exact) mass is 298 g/mol. The minimum Gasteiger partial charge on any atom is -0.462 e. The first-order valence-electron chi connectivity index (χ1n) is 7.30. The molecule has 0 saturated heterocycles. The lowest BCUT2D eigenvalue weighted by atomic mass is 10.0. The molecule has 0 fully saturated rings. The Labute approximate surface area is 127 Å². The van der Waals surface area contributed by atoms with Crippen LogP contribution in [0.15, 0.2) is 48.5 Å². The van der Waals surface area contributed by atoms with Crippen LogP contribution in [0.1, 0.15) is 17.3 Å². The van der Waals surface area contributed by atoms with Gasteiger partial charge in [0.1, 0.15) is 0 Å². The van der Waals surface area contributed by atoms with Crippen LogP contribution in [0.5, 0.6) is 0 Å². The molecule has 0 spiro atoms. The molecule has 0 aromatic heterocycles. The van der Waals surface area contributed by atoms with E-state index in [1.807, 2.05) is 25.1 Å². The van der Waals surface area contributed by atoms with E-state index >= 15 is 0 Å². The lowest BCUT2D eigenvalue weighted by molar-refractivity contribution is 0.0526. The summed E-state index contributed by atoms with van der Waals surface area (Å²) >= 11 is 0. The van der Waals surface area contributed by atoms with Gasteiger partial charge in [-0.2, -0.15) is 0 Å². The molecule has 0 N–H and O–H groups in total. The summed E-state index contributed by atoms with van der Waals surface area (Å²) in [6, 6.07) is 16.3. The Morgan fingerprint density at radius 3 is 2.24 bits per heavy atom. The maximum atomic E-state index is 11.8. The molecule has 3 heteroatoms. The minimum atomic E-state index is -1.34. The Morgan fingerprint density at radius 1 is 1.00 bits per heavy atom. The van der Waals surface area contributed by atoms with Crippen LogP contribution in [0, 0.1) is 0 Å². The second kappa shape index (κ2) is 6.27. The molecule has 110 valence electrons. The third-order valence-corrected chi connectivity index (χ3v) is 5.48. The van der Waals surface area contributed by atoms with Gasteiger partial charge in [0.15, 0.2) is 0 Å². The second-order valence-corrected chi connectivity index (χ2v) is 11.2. The SMILES string of the molecule is CCOC(=O)c1cccc(-c2cccc([Si](C)(C)C)c2)c1. The second-order valence-electron chi connectivity index (χ2n) is 6.13. The van der Waals surface area contributed by atoms with Crippen molar-refractivity contribution in [2.45, 2.75) is 26.6 Å². The maximum Gasteiger partial charge on any atom is 0.338 e. The summed E-state index contributed by atoms with van der Waals surface area (Å²) in [5, 5.41) is 1.42. The van der Waals surface area contributed by atoms with Crippen LogP contribution < -0.4 is 5.19 Å². The van der Waals surface area contributed by atoms with E-state index in [1.165, 1.54) is 5.19 Å². The molecule has 0 aliphatic heterocycles. The van der Waals surface area contributed by atoms with E-state index in [0.29, 0.717) is 12.2 Å². The highest BCUT2D eigenvalue weighted by molar-refractivity contribution is 6.88. The Bertz CT molecular complexity index is 642. The summed E-state index contributed by atoms with van der Waals surface area (Å²) in [5.41, 5.74) is 2.81. The minimum absolute atomic E-state index is 0.263. The van der Waals surface area contributed by atoms with Gasteiger partial charge in [0.2, 0.25) is 0 Å². The van der Waals surface area contributed by atoms with E-state index in [4.69, 9.17) is 4.74 Å². The fourth-order valence-electron chi connectivity index (χ4n) is 2.21. The zero-order valence-corrected chi connectivity index (χ0v) is 14.1. The van der Waals surface area contributed by atoms with Gasteiger partial charge in [-0.05, 0) is 30.2 Å². The van der Waals surface area contributed by atoms with Gasteiger partial charge in [-0.15, -0.1) is 0 Å². The van der Waals surface area contributed by atoms with Crippen LogP contribution in [0.2, 0.25) is 19.6 Å². The van der Waals surface area contributed by atoms with E-state index in [1.54, 1.807) is 6.07 Å². The molecule has 0 bridgehead atoms. The topological polar surface area (TPSA) is 26.3 Å². The molecular weight excluding hydrogens is 276 g/mol. The summed E-state index contributed by atoms with van der Waals surface area (Å²) in [7, 11) is -1.34. The van der Waals surface area contributed by atoms with E-state index in [2.05, 4.69) is 43.9 Å². The van der Waals surface area contributed by atoms with Crippen LogP contribution in [0.3, 0.4) is 0 Å². The van der Waals surface area contributed by atoms with Crippen molar-refractivity contribution in [2.24, 2.45) is 0 Å². The predicted octanol–water partition coefficient (Wildman–Crippen LogP) is 4.08. The van der Waals surface area contributed by atoms with E-state index in [0.717, 1.165) is 11.1 Å². The van der Waals surface area contributed by atoms with Crippen molar-refractivity contribution in [3.05, 3.63) is 54.1 Å². The zero-order chi connectivity index (χ0) is 15.5. The molecule has 2 aromatic carbocycles. The molecule has 0 amide bonds. The molecule has 0 atom stereocenters.